The molecule has 0 fully saturated rings. The molecule has 15 heavy (non-hydrogen) atoms. The lowest BCUT2D eigenvalue weighted by molar-refractivity contribution is 0.0689. The van der Waals surface area contributed by atoms with Crippen LogP contribution in [0.3, 0.4) is 0 Å². The fourth-order valence-electron chi connectivity index (χ4n) is 1.16. The van der Waals surface area contributed by atoms with Gasteiger partial charge in [0.05, 0.1) is 11.7 Å². The van der Waals surface area contributed by atoms with Crippen LogP contribution < -0.4 is 6.15 Å². The van der Waals surface area contributed by atoms with Crippen LogP contribution in [-0.2, 0) is 4.74 Å². The second-order valence-corrected chi connectivity index (χ2v) is 2.89. The minimum Gasteiger partial charge on any atom is -0.478 e. The van der Waals surface area contributed by atoms with E-state index in [2.05, 4.69) is 0 Å². The molecule has 1 unspecified atom stereocenters. The maximum atomic E-state index is 13.5. The van der Waals surface area contributed by atoms with Gasteiger partial charge in [-0.15, -0.1) is 0 Å². The molecule has 1 aromatic carbocycles. The largest absolute Gasteiger partial charge is 0.478 e. The van der Waals surface area contributed by atoms with Crippen LogP contribution in [0.2, 0.25) is 0 Å². The van der Waals surface area contributed by atoms with Crippen LogP contribution in [0.15, 0.2) is 18.2 Å². The third kappa shape index (κ3) is 2.74. The molecule has 0 amide bonds. The highest BCUT2D eigenvalue weighted by Gasteiger charge is 2.16. The van der Waals surface area contributed by atoms with Gasteiger partial charge in [0.1, 0.15) is 5.82 Å². The van der Waals surface area contributed by atoms with E-state index in [1.165, 1.54) is 25.3 Å². The molecule has 1 atom stereocenters. The van der Waals surface area contributed by atoms with E-state index in [1.807, 2.05) is 0 Å². The quantitative estimate of drug-likeness (QED) is 0.811. The highest BCUT2D eigenvalue weighted by Crippen LogP contribution is 2.21. The predicted octanol–water partition coefficient (Wildman–Crippen LogP) is 2.39. The normalized spacial score (nSPS) is 11.7. The van der Waals surface area contributed by atoms with Gasteiger partial charge in [0.15, 0.2) is 0 Å². The van der Waals surface area contributed by atoms with Crippen LogP contribution in [0.25, 0.3) is 0 Å². The second kappa shape index (κ2) is 5.43. The van der Waals surface area contributed by atoms with Gasteiger partial charge in [-0.05, 0) is 13.0 Å². The number of carboxylic acid groups (broad SMARTS) is 1. The van der Waals surface area contributed by atoms with Crippen molar-refractivity contribution in [2.24, 2.45) is 0 Å². The molecular formula is C10H14FNO3. The third-order valence-electron chi connectivity index (χ3n) is 2.05. The van der Waals surface area contributed by atoms with E-state index in [1.54, 1.807) is 6.92 Å². The Morgan fingerprint density at radius 3 is 2.60 bits per heavy atom. The van der Waals surface area contributed by atoms with E-state index in [0.29, 0.717) is 0 Å². The Labute approximate surface area is 87.3 Å². The summed E-state index contributed by atoms with van der Waals surface area (Å²) in [6.07, 6.45) is -0.450. The van der Waals surface area contributed by atoms with Crippen molar-refractivity contribution in [3.05, 3.63) is 35.1 Å². The van der Waals surface area contributed by atoms with Crippen molar-refractivity contribution >= 4 is 5.97 Å². The summed E-state index contributed by atoms with van der Waals surface area (Å²) in [5.74, 6) is -2.00. The van der Waals surface area contributed by atoms with E-state index in [-0.39, 0.29) is 17.3 Å². The average molecular weight is 215 g/mol. The molecule has 0 saturated heterocycles. The Kier molecular flexibility index (Phi) is 4.90. The first-order chi connectivity index (χ1) is 6.57. The Balaban J connectivity index is 0.00000196. The van der Waals surface area contributed by atoms with Crippen LogP contribution in [0.4, 0.5) is 4.39 Å². The smallest absolute Gasteiger partial charge is 0.338 e. The number of hydrogen-bond donors (Lipinski definition) is 2. The Hall–Kier alpha value is -1.46. The summed E-state index contributed by atoms with van der Waals surface area (Å²) >= 11 is 0. The van der Waals surface area contributed by atoms with Crippen molar-refractivity contribution < 1.29 is 19.0 Å². The lowest BCUT2D eigenvalue weighted by Gasteiger charge is -2.11. The monoisotopic (exact) mass is 215 g/mol. The number of methoxy groups -OCH3 is 1. The van der Waals surface area contributed by atoms with E-state index >= 15 is 0 Å². The van der Waals surface area contributed by atoms with Crippen molar-refractivity contribution in [3.63, 3.8) is 0 Å². The lowest BCUT2D eigenvalue weighted by Crippen LogP contribution is -2.06. The van der Waals surface area contributed by atoms with E-state index in [4.69, 9.17) is 9.84 Å². The van der Waals surface area contributed by atoms with E-state index in [9.17, 15) is 9.18 Å². The summed E-state index contributed by atoms with van der Waals surface area (Å²) < 4.78 is 18.4. The van der Waals surface area contributed by atoms with Gasteiger partial charge in [-0.3, -0.25) is 0 Å². The SMILES string of the molecule is COC(C)c1cccc(C(=O)O)c1F.N. The summed E-state index contributed by atoms with van der Waals surface area (Å²) in [5, 5.41) is 8.66. The van der Waals surface area contributed by atoms with Gasteiger partial charge < -0.3 is 16.0 Å². The van der Waals surface area contributed by atoms with Gasteiger partial charge in [0.2, 0.25) is 0 Å². The molecule has 0 saturated carbocycles. The molecule has 4 N–H and O–H groups in total. The molecular weight excluding hydrogens is 201 g/mol. The van der Waals surface area contributed by atoms with Crippen LogP contribution in [0.5, 0.6) is 0 Å². The van der Waals surface area contributed by atoms with Crippen molar-refractivity contribution in [3.8, 4) is 0 Å². The summed E-state index contributed by atoms with van der Waals surface area (Å²) in [6.45, 7) is 1.66. The topological polar surface area (TPSA) is 81.5 Å². The summed E-state index contributed by atoms with van der Waals surface area (Å²) in [6, 6.07) is 4.23. The summed E-state index contributed by atoms with van der Waals surface area (Å²) in [7, 11) is 1.44. The molecule has 1 aromatic rings. The number of rotatable bonds is 3. The van der Waals surface area contributed by atoms with Gasteiger partial charge >= 0.3 is 5.97 Å². The summed E-state index contributed by atoms with van der Waals surface area (Å²) in [4.78, 5) is 10.6. The minimum atomic E-state index is -1.27. The number of benzene rings is 1. The maximum Gasteiger partial charge on any atom is 0.338 e. The molecule has 0 heterocycles. The average Bonchev–Trinajstić information content (AvgIpc) is 2.16. The molecule has 4 nitrogen and oxygen atoms in total. The third-order valence-corrected chi connectivity index (χ3v) is 2.05. The molecule has 5 heteroatoms. The fraction of sp³-hybridized carbons (Fsp3) is 0.300. The number of aromatic carboxylic acids is 1. The summed E-state index contributed by atoms with van der Waals surface area (Å²) in [5.41, 5.74) is -0.0706. The number of carbonyl (C=O) groups is 1. The molecule has 0 aliphatic heterocycles. The first-order valence-electron chi connectivity index (χ1n) is 4.12. The van der Waals surface area contributed by atoms with Gasteiger partial charge in [-0.1, -0.05) is 12.1 Å². The lowest BCUT2D eigenvalue weighted by atomic mass is 10.1. The number of ether oxygens (including phenoxy) is 1. The maximum absolute atomic E-state index is 13.5. The van der Waals surface area contributed by atoms with Gasteiger partial charge in [-0.25, -0.2) is 9.18 Å². The van der Waals surface area contributed by atoms with Gasteiger partial charge in [-0.2, -0.15) is 0 Å². The second-order valence-electron chi connectivity index (χ2n) is 2.89. The van der Waals surface area contributed by atoms with Crippen LogP contribution in [0.1, 0.15) is 28.9 Å². The Bertz CT molecular complexity index is 355. The van der Waals surface area contributed by atoms with Crippen molar-refractivity contribution in [2.45, 2.75) is 13.0 Å². The molecule has 1 rings (SSSR count). The highest BCUT2D eigenvalue weighted by atomic mass is 19.1. The van der Waals surface area contributed by atoms with Crippen LogP contribution in [-0.4, -0.2) is 18.2 Å². The number of carboxylic acids is 1. The molecule has 0 spiro atoms. The zero-order chi connectivity index (χ0) is 10.7. The number of hydrogen-bond acceptors (Lipinski definition) is 3. The fourth-order valence-corrected chi connectivity index (χ4v) is 1.16. The molecule has 84 valence electrons. The predicted molar refractivity (Wildman–Crippen MR) is 53.8 cm³/mol. The van der Waals surface area contributed by atoms with Crippen molar-refractivity contribution in [2.75, 3.05) is 7.11 Å². The Morgan fingerprint density at radius 2 is 2.13 bits per heavy atom. The van der Waals surface area contributed by atoms with Gasteiger partial charge in [0.25, 0.3) is 0 Å². The van der Waals surface area contributed by atoms with Gasteiger partial charge in [0, 0.05) is 12.7 Å². The first kappa shape index (κ1) is 13.5. The van der Waals surface area contributed by atoms with Crippen molar-refractivity contribution in [1.82, 2.24) is 6.15 Å². The standard InChI is InChI=1S/C10H11FO3.H3N/c1-6(14-2)7-4-3-5-8(9(7)11)10(12)13;/h3-6H,1-2H3,(H,12,13);1H3. The highest BCUT2D eigenvalue weighted by molar-refractivity contribution is 5.88. The first-order valence-corrected chi connectivity index (χ1v) is 4.12. The minimum absolute atomic E-state index is 0. The molecule has 0 aliphatic carbocycles. The van der Waals surface area contributed by atoms with E-state index in [0.717, 1.165) is 0 Å². The van der Waals surface area contributed by atoms with E-state index < -0.39 is 17.9 Å². The number of halogens is 1. The zero-order valence-corrected chi connectivity index (χ0v) is 8.66. The molecule has 0 aliphatic rings. The van der Waals surface area contributed by atoms with Crippen LogP contribution in [0, 0.1) is 5.82 Å². The molecule has 0 bridgehead atoms. The molecule has 0 radical (unpaired) electrons. The zero-order valence-electron chi connectivity index (χ0n) is 8.66. The molecule has 0 aromatic heterocycles. The van der Waals surface area contributed by atoms with Crippen LogP contribution >= 0.6 is 0 Å². The Morgan fingerprint density at radius 1 is 1.53 bits per heavy atom. The van der Waals surface area contributed by atoms with Crippen molar-refractivity contribution in [1.29, 1.82) is 0 Å².